The Balaban J connectivity index is 1.71. The number of carbonyl (C=O) groups excluding carboxylic acids is 1. The molecule has 0 radical (unpaired) electrons. The van der Waals surface area contributed by atoms with Gasteiger partial charge in [-0.1, -0.05) is 54.9 Å². The molecule has 28 heavy (non-hydrogen) atoms. The van der Waals surface area contributed by atoms with Crippen molar-refractivity contribution in [3.8, 4) is 5.75 Å². The molecule has 0 aromatic heterocycles. The molecule has 2 aromatic carbocycles. The Morgan fingerprint density at radius 3 is 2.79 bits per heavy atom. The van der Waals surface area contributed by atoms with Gasteiger partial charge in [-0.2, -0.15) is 0 Å². The van der Waals surface area contributed by atoms with E-state index < -0.39 is 0 Å². The summed E-state index contributed by atoms with van der Waals surface area (Å²) in [6.45, 7) is 4.76. The maximum Gasteiger partial charge on any atom is 0.225 e. The van der Waals surface area contributed by atoms with Crippen LogP contribution in [-0.4, -0.2) is 36.3 Å². The lowest BCUT2D eigenvalue weighted by molar-refractivity contribution is -0.136. The summed E-state index contributed by atoms with van der Waals surface area (Å²) < 4.78 is 5.42. The van der Waals surface area contributed by atoms with Gasteiger partial charge in [0.15, 0.2) is 6.10 Å². The summed E-state index contributed by atoms with van der Waals surface area (Å²) in [5.41, 5.74) is 2.75. The lowest BCUT2D eigenvalue weighted by Gasteiger charge is -2.26. The van der Waals surface area contributed by atoms with Gasteiger partial charge < -0.3 is 14.5 Å². The first kappa shape index (κ1) is 20.2. The highest BCUT2D eigenvalue weighted by atomic mass is 35.5. The monoisotopic (exact) mass is 400 g/mol. The first-order chi connectivity index (χ1) is 13.5. The van der Waals surface area contributed by atoms with Crippen LogP contribution in [0.2, 0.25) is 5.02 Å². The van der Waals surface area contributed by atoms with E-state index in [9.17, 15) is 4.79 Å². The lowest BCUT2D eigenvalue weighted by Crippen LogP contribution is -2.39. The zero-order chi connectivity index (χ0) is 20.1. The van der Waals surface area contributed by atoms with E-state index in [-0.39, 0.29) is 17.9 Å². The highest BCUT2D eigenvalue weighted by Gasteiger charge is 2.28. The van der Waals surface area contributed by atoms with Crippen molar-refractivity contribution in [3.63, 3.8) is 0 Å². The standard InChI is InChI=1S/C22H25ClN2O3/c1-15(2)22(26)25(13-16-7-6-8-17(23)11-16)14-18-12-20(24-28-18)19-9-4-5-10-21(19)27-3/h4-11,15,18H,12-14H2,1-3H3/t18-/m1/s1. The van der Waals surface area contributed by atoms with Gasteiger partial charge in [0.25, 0.3) is 0 Å². The Labute approximate surface area is 170 Å². The maximum atomic E-state index is 12.8. The number of ether oxygens (including phenoxy) is 1. The second kappa shape index (κ2) is 9.11. The van der Waals surface area contributed by atoms with E-state index in [1.54, 1.807) is 7.11 Å². The Hall–Kier alpha value is -2.53. The molecule has 1 amide bonds. The van der Waals surface area contributed by atoms with E-state index in [2.05, 4.69) is 5.16 Å². The molecular formula is C22H25ClN2O3. The number of methoxy groups -OCH3 is 1. The molecule has 3 rings (SSSR count). The molecule has 148 valence electrons. The molecule has 6 heteroatoms. The Morgan fingerprint density at radius 2 is 2.07 bits per heavy atom. The minimum absolute atomic E-state index is 0.0781. The topological polar surface area (TPSA) is 51.1 Å². The molecule has 0 unspecified atom stereocenters. The largest absolute Gasteiger partial charge is 0.496 e. The van der Waals surface area contributed by atoms with E-state index in [4.69, 9.17) is 21.2 Å². The molecule has 1 aliphatic rings. The van der Waals surface area contributed by atoms with Crippen LogP contribution in [0.15, 0.2) is 53.7 Å². The van der Waals surface area contributed by atoms with Gasteiger partial charge in [-0.25, -0.2) is 0 Å². The summed E-state index contributed by atoms with van der Waals surface area (Å²) in [4.78, 5) is 20.2. The molecule has 0 spiro atoms. The van der Waals surface area contributed by atoms with Crippen LogP contribution < -0.4 is 4.74 Å². The fourth-order valence-corrected chi connectivity index (χ4v) is 3.48. The third-order valence-corrected chi connectivity index (χ3v) is 4.88. The molecule has 0 N–H and O–H groups in total. The summed E-state index contributed by atoms with van der Waals surface area (Å²) in [7, 11) is 1.64. The fourth-order valence-electron chi connectivity index (χ4n) is 3.27. The van der Waals surface area contributed by atoms with Crippen LogP contribution in [-0.2, 0) is 16.2 Å². The van der Waals surface area contributed by atoms with Crippen LogP contribution in [0.3, 0.4) is 0 Å². The number of hydrogen-bond acceptors (Lipinski definition) is 4. The zero-order valence-corrected chi connectivity index (χ0v) is 17.1. The molecule has 5 nitrogen and oxygen atoms in total. The number of carbonyl (C=O) groups is 1. The van der Waals surface area contributed by atoms with Gasteiger partial charge in [0.1, 0.15) is 5.75 Å². The molecule has 0 fully saturated rings. The SMILES string of the molecule is COc1ccccc1C1=NO[C@@H](CN(Cc2cccc(Cl)c2)C(=O)C(C)C)C1. The second-order valence-corrected chi connectivity index (χ2v) is 7.61. The number of hydrogen-bond donors (Lipinski definition) is 0. The van der Waals surface area contributed by atoms with Gasteiger partial charge in [0.2, 0.25) is 5.91 Å². The van der Waals surface area contributed by atoms with Crippen LogP contribution in [0, 0.1) is 5.92 Å². The van der Waals surface area contributed by atoms with Gasteiger partial charge in [0, 0.05) is 29.5 Å². The average molecular weight is 401 g/mol. The summed E-state index contributed by atoms with van der Waals surface area (Å²) in [5, 5.41) is 4.91. The highest BCUT2D eigenvalue weighted by Crippen LogP contribution is 2.25. The summed E-state index contributed by atoms with van der Waals surface area (Å²) >= 11 is 6.10. The fraction of sp³-hybridized carbons (Fsp3) is 0.364. The lowest BCUT2D eigenvalue weighted by atomic mass is 10.0. The van der Waals surface area contributed by atoms with E-state index in [0.29, 0.717) is 24.5 Å². The number of nitrogens with zero attached hydrogens (tertiary/aromatic N) is 2. The molecule has 0 saturated carbocycles. The number of oxime groups is 1. The predicted octanol–water partition coefficient (Wildman–Crippen LogP) is 4.53. The molecular weight excluding hydrogens is 376 g/mol. The van der Waals surface area contributed by atoms with Crippen molar-refractivity contribution in [2.24, 2.45) is 11.1 Å². The van der Waals surface area contributed by atoms with Crippen molar-refractivity contribution in [1.29, 1.82) is 0 Å². The summed E-state index contributed by atoms with van der Waals surface area (Å²) in [6.07, 6.45) is 0.430. The van der Waals surface area contributed by atoms with E-state index >= 15 is 0 Å². The number of rotatable bonds is 7. The Morgan fingerprint density at radius 1 is 1.29 bits per heavy atom. The van der Waals surface area contributed by atoms with E-state index in [1.807, 2.05) is 67.3 Å². The van der Waals surface area contributed by atoms with Crippen molar-refractivity contribution in [2.75, 3.05) is 13.7 Å². The first-order valence-electron chi connectivity index (χ1n) is 9.37. The van der Waals surface area contributed by atoms with E-state index in [0.717, 1.165) is 22.6 Å². The number of halogens is 1. The molecule has 0 aliphatic carbocycles. The smallest absolute Gasteiger partial charge is 0.225 e. The summed E-state index contributed by atoms with van der Waals surface area (Å²) in [5.74, 6) is 0.740. The predicted molar refractivity (Wildman–Crippen MR) is 111 cm³/mol. The van der Waals surface area contributed by atoms with Crippen molar-refractivity contribution in [3.05, 3.63) is 64.7 Å². The number of para-hydroxylation sites is 1. The molecule has 1 atom stereocenters. The van der Waals surface area contributed by atoms with E-state index in [1.165, 1.54) is 0 Å². The van der Waals surface area contributed by atoms with Crippen LogP contribution in [0.1, 0.15) is 31.4 Å². The molecule has 1 heterocycles. The number of benzene rings is 2. The third kappa shape index (κ3) is 4.84. The van der Waals surface area contributed by atoms with Crippen LogP contribution in [0.5, 0.6) is 5.75 Å². The van der Waals surface area contributed by atoms with Gasteiger partial charge in [0.05, 0.1) is 19.4 Å². The zero-order valence-electron chi connectivity index (χ0n) is 16.4. The molecule has 1 aliphatic heterocycles. The van der Waals surface area contributed by atoms with Gasteiger partial charge >= 0.3 is 0 Å². The van der Waals surface area contributed by atoms with Crippen LogP contribution in [0.25, 0.3) is 0 Å². The molecule has 0 saturated heterocycles. The van der Waals surface area contributed by atoms with Crippen molar-refractivity contribution in [2.45, 2.75) is 32.9 Å². The number of amides is 1. The highest BCUT2D eigenvalue weighted by molar-refractivity contribution is 6.30. The summed E-state index contributed by atoms with van der Waals surface area (Å²) in [6, 6.07) is 15.3. The first-order valence-corrected chi connectivity index (χ1v) is 9.75. The van der Waals surface area contributed by atoms with Gasteiger partial charge in [-0.05, 0) is 29.8 Å². The van der Waals surface area contributed by atoms with Crippen molar-refractivity contribution >= 4 is 23.2 Å². The van der Waals surface area contributed by atoms with Crippen molar-refractivity contribution < 1.29 is 14.4 Å². The molecule has 0 bridgehead atoms. The third-order valence-electron chi connectivity index (χ3n) is 4.64. The van der Waals surface area contributed by atoms with Crippen LogP contribution >= 0.6 is 11.6 Å². The minimum Gasteiger partial charge on any atom is -0.496 e. The van der Waals surface area contributed by atoms with Gasteiger partial charge in [-0.3, -0.25) is 4.79 Å². The maximum absolute atomic E-state index is 12.8. The average Bonchev–Trinajstić information content (AvgIpc) is 3.15. The second-order valence-electron chi connectivity index (χ2n) is 7.17. The quantitative estimate of drug-likeness (QED) is 0.686. The minimum atomic E-state index is -0.193. The Kier molecular flexibility index (Phi) is 6.57. The van der Waals surface area contributed by atoms with Crippen LogP contribution in [0.4, 0.5) is 0 Å². The molecule has 2 aromatic rings. The van der Waals surface area contributed by atoms with Gasteiger partial charge in [-0.15, -0.1) is 0 Å². The van der Waals surface area contributed by atoms with Crippen molar-refractivity contribution in [1.82, 2.24) is 4.90 Å². The Bertz CT molecular complexity index is 866. The normalized spacial score (nSPS) is 15.9.